The Balaban J connectivity index is 0.00000196. The van der Waals surface area contributed by atoms with Crippen molar-refractivity contribution in [2.24, 2.45) is 0 Å². The number of aromatic amines is 1. The zero-order chi connectivity index (χ0) is 10.8. The number of esters is 1. The molecule has 0 spiro atoms. The van der Waals surface area contributed by atoms with E-state index >= 15 is 0 Å². The Kier molecular flexibility index (Phi) is 4.94. The van der Waals surface area contributed by atoms with Crippen LogP contribution in [0, 0.1) is 6.92 Å². The van der Waals surface area contributed by atoms with Gasteiger partial charge < -0.3 is 21.7 Å². The van der Waals surface area contributed by atoms with Gasteiger partial charge in [-0.1, -0.05) is 0 Å². The number of carbonyl (C=O) groups excluding carboxylic acids is 1. The van der Waals surface area contributed by atoms with Crippen LogP contribution in [0.4, 0.5) is 0 Å². The van der Waals surface area contributed by atoms with Crippen LogP contribution in [-0.2, 0) is 4.74 Å². The summed E-state index contributed by atoms with van der Waals surface area (Å²) >= 11 is 0. The third-order valence-electron chi connectivity index (χ3n) is 1.67. The van der Waals surface area contributed by atoms with Gasteiger partial charge >= 0.3 is 5.97 Å². The standard InChI is InChI=1S/C11H15NO2.BrH/c1-8-6-5-7-12-9(8)10(13)14-11(2,3)4;/h5-7H,1-4H3;1H. The monoisotopic (exact) mass is 273 g/mol. The maximum atomic E-state index is 11.6. The highest BCUT2D eigenvalue weighted by Crippen LogP contribution is 2.11. The molecule has 0 aromatic carbocycles. The first-order valence-corrected chi connectivity index (χ1v) is 4.61. The van der Waals surface area contributed by atoms with Crippen LogP contribution in [0.3, 0.4) is 0 Å². The largest absolute Gasteiger partial charge is 1.00 e. The van der Waals surface area contributed by atoms with E-state index in [0.29, 0.717) is 5.69 Å². The number of carbonyl (C=O) groups is 1. The van der Waals surface area contributed by atoms with Crippen molar-refractivity contribution >= 4 is 5.97 Å². The van der Waals surface area contributed by atoms with Gasteiger partial charge in [-0.25, -0.2) is 9.78 Å². The third kappa shape index (κ3) is 4.42. The first-order valence-electron chi connectivity index (χ1n) is 4.61. The van der Waals surface area contributed by atoms with Crippen LogP contribution >= 0.6 is 0 Å². The molecule has 0 bridgehead atoms. The van der Waals surface area contributed by atoms with Crippen molar-refractivity contribution < 1.29 is 31.5 Å². The molecule has 0 saturated carbocycles. The molecule has 0 aliphatic heterocycles. The molecule has 0 radical (unpaired) electrons. The topological polar surface area (TPSA) is 40.4 Å². The van der Waals surface area contributed by atoms with Crippen molar-refractivity contribution in [3.8, 4) is 0 Å². The number of rotatable bonds is 1. The molecule has 0 saturated heterocycles. The van der Waals surface area contributed by atoms with Gasteiger partial charge in [-0.2, -0.15) is 0 Å². The summed E-state index contributed by atoms with van der Waals surface area (Å²) in [6, 6.07) is 3.72. The normalized spacial score (nSPS) is 10.4. The molecule has 1 aromatic heterocycles. The number of hydrogen-bond acceptors (Lipinski definition) is 2. The molecule has 1 N–H and O–H groups in total. The molecule has 4 heteroatoms. The van der Waals surface area contributed by atoms with Crippen molar-refractivity contribution in [1.82, 2.24) is 0 Å². The third-order valence-corrected chi connectivity index (χ3v) is 1.67. The summed E-state index contributed by atoms with van der Waals surface area (Å²) in [5.74, 6) is -0.310. The number of nitrogens with one attached hydrogen (secondary N) is 1. The summed E-state index contributed by atoms with van der Waals surface area (Å²) in [6.45, 7) is 7.42. The van der Waals surface area contributed by atoms with Gasteiger partial charge in [-0.15, -0.1) is 0 Å². The van der Waals surface area contributed by atoms with Crippen LogP contribution in [-0.4, -0.2) is 11.6 Å². The second kappa shape index (κ2) is 5.26. The number of H-pyrrole nitrogens is 1. The summed E-state index contributed by atoms with van der Waals surface area (Å²) in [7, 11) is 0. The predicted molar refractivity (Wildman–Crippen MR) is 52.9 cm³/mol. The molecule has 1 aromatic rings. The molecule has 0 aliphatic rings. The van der Waals surface area contributed by atoms with Crippen molar-refractivity contribution in [2.45, 2.75) is 33.3 Å². The van der Waals surface area contributed by atoms with Crippen molar-refractivity contribution in [1.29, 1.82) is 0 Å². The lowest BCUT2D eigenvalue weighted by Crippen LogP contribution is -3.00. The Hall–Kier alpha value is -0.900. The van der Waals surface area contributed by atoms with E-state index in [4.69, 9.17) is 4.74 Å². The number of ether oxygens (including phenoxy) is 1. The molecule has 1 heterocycles. The molecule has 0 aliphatic carbocycles. The van der Waals surface area contributed by atoms with Crippen LogP contribution in [0.15, 0.2) is 18.3 Å². The quantitative estimate of drug-likeness (QED) is 0.602. The lowest BCUT2D eigenvalue weighted by atomic mass is 10.2. The van der Waals surface area contributed by atoms with Crippen molar-refractivity contribution in [2.75, 3.05) is 0 Å². The molecule has 15 heavy (non-hydrogen) atoms. The van der Waals surface area contributed by atoms with E-state index in [1.807, 2.05) is 39.8 Å². The van der Waals surface area contributed by atoms with Gasteiger partial charge in [0, 0.05) is 11.6 Å². The minimum Gasteiger partial charge on any atom is -1.00 e. The van der Waals surface area contributed by atoms with E-state index in [-0.39, 0.29) is 23.0 Å². The highest BCUT2D eigenvalue weighted by Gasteiger charge is 2.23. The molecule has 3 nitrogen and oxygen atoms in total. The van der Waals surface area contributed by atoms with Gasteiger partial charge in [0.25, 0.3) is 5.69 Å². The zero-order valence-corrected chi connectivity index (χ0v) is 11.0. The molecule has 0 unspecified atom stereocenters. The van der Waals surface area contributed by atoms with E-state index < -0.39 is 5.60 Å². The van der Waals surface area contributed by atoms with Crippen LogP contribution < -0.4 is 22.0 Å². The fourth-order valence-electron chi connectivity index (χ4n) is 1.07. The highest BCUT2D eigenvalue weighted by atomic mass is 79.9. The summed E-state index contributed by atoms with van der Waals surface area (Å²) < 4.78 is 5.23. The summed E-state index contributed by atoms with van der Waals surface area (Å²) in [5.41, 5.74) is 0.955. The van der Waals surface area contributed by atoms with Gasteiger partial charge in [0.05, 0.1) is 0 Å². The van der Waals surface area contributed by atoms with Gasteiger partial charge in [0.2, 0.25) is 0 Å². The maximum absolute atomic E-state index is 11.6. The van der Waals surface area contributed by atoms with E-state index in [2.05, 4.69) is 4.98 Å². The first-order chi connectivity index (χ1) is 6.40. The Morgan fingerprint density at radius 3 is 2.47 bits per heavy atom. The first kappa shape index (κ1) is 14.1. The second-order valence-electron chi connectivity index (χ2n) is 4.23. The van der Waals surface area contributed by atoms with Crippen LogP contribution in [0.2, 0.25) is 0 Å². The summed E-state index contributed by atoms with van der Waals surface area (Å²) in [5, 5.41) is 0. The minimum atomic E-state index is -0.451. The number of hydrogen-bond donors (Lipinski definition) is 0. The Labute approximate surface area is 101 Å². The fraction of sp³-hybridized carbons (Fsp3) is 0.455. The van der Waals surface area contributed by atoms with E-state index in [1.165, 1.54) is 0 Å². The lowest BCUT2D eigenvalue weighted by molar-refractivity contribution is -0.384. The van der Waals surface area contributed by atoms with E-state index in [0.717, 1.165) is 5.56 Å². The molecule has 0 atom stereocenters. The Morgan fingerprint density at radius 1 is 1.40 bits per heavy atom. The zero-order valence-electron chi connectivity index (χ0n) is 9.43. The smallest absolute Gasteiger partial charge is 0.404 e. The predicted octanol–water partition coefficient (Wildman–Crippen LogP) is -1.23. The molecular weight excluding hydrogens is 258 g/mol. The molecular formula is C11H16BrNO2. The number of aryl methyl sites for hydroxylation is 1. The van der Waals surface area contributed by atoms with Crippen LogP contribution in [0.25, 0.3) is 0 Å². The van der Waals surface area contributed by atoms with E-state index in [9.17, 15) is 4.79 Å². The fourth-order valence-corrected chi connectivity index (χ4v) is 1.07. The Bertz CT molecular complexity index is 345. The lowest BCUT2D eigenvalue weighted by Gasteiger charge is -2.18. The van der Waals surface area contributed by atoms with Crippen LogP contribution in [0.5, 0.6) is 0 Å². The summed E-state index contributed by atoms with van der Waals surface area (Å²) in [4.78, 5) is 14.5. The van der Waals surface area contributed by atoms with Gasteiger partial charge in [0.15, 0.2) is 6.20 Å². The maximum Gasteiger partial charge on any atom is 0.404 e. The molecule has 1 rings (SSSR count). The molecule has 0 fully saturated rings. The average Bonchev–Trinajstić information content (AvgIpc) is 2.01. The number of pyridine rings is 1. The highest BCUT2D eigenvalue weighted by molar-refractivity contribution is 5.87. The Morgan fingerprint density at radius 2 is 2.00 bits per heavy atom. The van der Waals surface area contributed by atoms with Crippen molar-refractivity contribution in [3.63, 3.8) is 0 Å². The SMILES string of the molecule is Cc1ccc[nH+]c1C(=O)OC(C)(C)C.[Br-]. The second-order valence-corrected chi connectivity index (χ2v) is 4.23. The van der Waals surface area contributed by atoms with Crippen LogP contribution in [0.1, 0.15) is 36.8 Å². The average molecular weight is 274 g/mol. The molecule has 84 valence electrons. The number of aromatic nitrogens is 1. The summed E-state index contributed by atoms with van der Waals surface area (Å²) in [6.07, 6.45) is 1.71. The minimum absolute atomic E-state index is 0. The molecule has 0 amide bonds. The van der Waals surface area contributed by atoms with Gasteiger partial charge in [-0.3, -0.25) is 0 Å². The van der Waals surface area contributed by atoms with Gasteiger partial charge in [0.1, 0.15) is 5.60 Å². The van der Waals surface area contributed by atoms with Crippen molar-refractivity contribution in [3.05, 3.63) is 29.6 Å². The van der Waals surface area contributed by atoms with Gasteiger partial charge in [-0.05, 0) is 33.8 Å². The van der Waals surface area contributed by atoms with E-state index in [1.54, 1.807) is 6.20 Å². The number of halogens is 1.